The number of ether oxygens (including phenoxy) is 1. The number of nitrogens with zero attached hydrogens (tertiary/aromatic N) is 2. The summed E-state index contributed by atoms with van der Waals surface area (Å²) in [4.78, 5) is 38.4. The van der Waals surface area contributed by atoms with Crippen LogP contribution < -0.4 is 21.0 Å². The maximum Gasteiger partial charge on any atom is 0.272 e. The van der Waals surface area contributed by atoms with Crippen LogP contribution in [0.15, 0.2) is 81.1 Å². The van der Waals surface area contributed by atoms with Crippen molar-refractivity contribution in [1.29, 1.82) is 0 Å². The molecule has 0 radical (unpaired) electrons. The number of hydrogen-bond donors (Lipinski definition) is 4. The molecule has 1 atom stereocenters. The van der Waals surface area contributed by atoms with Crippen molar-refractivity contribution in [2.75, 3.05) is 7.11 Å². The lowest BCUT2D eigenvalue weighted by molar-refractivity contribution is -0.123. The van der Waals surface area contributed by atoms with E-state index in [2.05, 4.69) is 42.0 Å². The maximum atomic E-state index is 13.2. The van der Waals surface area contributed by atoms with Crippen LogP contribution in [0.3, 0.4) is 0 Å². The Morgan fingerprint density at radius 3 is 2.53 bits per heavy atom. The third kappa shape index (κ3) is 5.26. The first-order chi connectivity index (χ1) is 17.4. The Bertz CT molecular complexity index is 1520. The lowest BCUT2D eigenvalue weighted by Gasteiger charge is -2.18. The second kappa shape index (κ2) is 10.8. The molecule has 0 aliphatic carbocycles. The molecule has 0 aliphatic rings. The Labute approximate surface area is 213 Å². The number of methoxy groups -OCH3 is 1. The number of rotatable bonds is 7. The number of carbonyl (C=O) groups excluding carboxylic acids is 2. The van der Waals surface area contributed by atoms with Gasteiger partial charge in [-0.3, -0.25) is 14.4 Å². The Kier molecular flexibility index (Phi) is 7.40. The molecule has 0 fully saturated rings. The van der Waals surface area contributed by atoms with Gasteiger partial charge >= 0.3 is 0 Å². The average Bonchev–Trinajstić information content (AvgIpc) is 2.90. The van der Waals surface area contributed by atoms with Crippen LogP contribution in [0, 0.1) is 0 Å². The molecule has 1 aromatic heterocycles. The first kappa shape index (κ1) is 24.6. The molecular weight excluding hydrogens is 530 g/mol. The number of H-pyrrole nitrogens is 1. The Hall–Kier alpha value is -4.51. The van der Waals surface area contributed by atoms with E-state index in [0.29, 0.717) is 26.4 Å². The van der Waals surface area contributed by atoms with Gasteiger partial charge in [0.15, 0.2) is 17.5 Å². The van der Waals surface area contributed by atoms with E-state index in [1.165, 1.54) is 19.4 Å². The number of aromatic nitrogens is 2. The van der Waals surface area contributed by atoms with E-state index in [1.54, 1.807) is 60.7 Å². The molecule has 4 rings (SSSR count). The molecule has 36 heavy (non-hydrogen) atoms. The highest BCUT2D eigenvalue weighted by molar-refractivity contribution is 9.10. The van der Waals surface area contributed by atoms with Gasteiger partial charge in [-0.15, -0.1) is 0 Å². The van der Waals surface area contributed by atoms with Gasteiger partial charge in [0.25, 0.3) is 17.4 Å². The summed E-state index contributed by atoms with van der Waals surface area (Å²) in [6.07, 6.45) is 1.35. The number of phenolic OH excluding ortho intramolecular Hbond substituents is 1. The number of fused-ring (bicyclic) bond motifs is 1. The number of aromatic hydroxyl groups is 1. The number of carbonyl (C=O) groups is 2. The molecule has 11 heteroatoms. The second-order valence-electron chi connectivity index (χ2n) is 7.54. The molecule has 0 spiro atoms. The van der Waals surface area contributed by atoms with E-state index in [1.807, 2.05) is 0 Å². The van der Waals surface area contributed by atoms with E-state index in [-0.39, 0.29) is 17.2 Å². The van der Waals surface area contributed by atoms with Gasteiger partial charge in [-0.25, -0.2) is 10.5 Å². The van der Waals surface area contributed by atoms with Crippen LogP contribution in [-0.4, -0.2) is 40.4 Å². The third-order valence-electron chi connectivity index (χ3n) is 5.23. The molecule has 0 saturated carbocycles. The highest BCUT2D eigenvalue weighted by Crippen LogP contribution is 2.34. The number of amides is 2. The highest BCUT2D eigenvalue weighted by atomic mass is 79.9. The molecule has 0 bridgehead atoms. The highest BCUT2D eigenvalue weighted by Gasteiger charge is 2.27. The SMILES string of the molecule is COc1cc(C=NNC(=O)C(NC(=O)c2ccccc2)c2n[nH]c(=O)c3ccccc23)cc(Br)c1O. The zero-order valence-corrected chi connectivity index (χ0v) is 20.4. The largest absolute Gasteiger partial charge is 0.503 e. The second-order valence-corrected chi connectivity index (χ2v) is 8.40. The first-order valence-corrected chi connectivity index (χ1v) is 11.4. The number of phenols is 1. The van der Waals surface area contributed by atoms with Crippen molar-refractivity contribution in [1.82, 2.24) is 20.9 Å². The zero-order chi connectivity index (χ0) is 25.7. The smallest absolute Gasteiger partial charge is 0.272 e. The van der Waals surface area contributed by atoms with Crippen molar-refractivity contribution in [2.45, 2.75) is 6.04 Å². The van der Waals surface area contributed by atoms with Crippen molar-refractivity contribution >= 4 is 44.7 Å². The predicted molar refractivity (Wildman–Crippen MR) is 137 cm³/mol. The molecule has 10 nitrogen and oxygen atoms in total. The number of benzene rings is 3. The summed E-state index contributed by atoms with van der Waals surface area (Å²) in [7, 11) is 1.41. The normalized spacial score (nSPS) is 11.8. The predicted octanol–water partition coefficient (Wildman–Crippen LogP) is 3.02. The fraction of sp³-hybridized carbons (Fsp3) is 0.0800. The summed E-state index contributed by atoms with van der Waals surface area (Å²) in [5.41, 5.74) is 2.99. The van der Waals surface area contributed by atoms with Crippen LogP contribution in [0.1, 0.15) is 27.7 Å². The van der Waals surface area contributed by atoms with Crippen molar-refractivity contribution in [3.8, 4) is 11.5 Å². The molecule has 0 aliphatic heterocycles. The van der Waals surface area contributed by atoms with E-state index >= 15 is 0 Å². The summed E-state index contributed by atoms with van der Waals surface area (Å²) in [6, 6.07) is 16.9. The molecule has 2 amide bonds. The molecule has 4 aromatic rings. The van der Waals surface area contributed by atoms with Crippen molar-refractivity contribution in [3.63, 3.8) is 0 Å². The molecule has 182 valence electrons. The number of halogens is 1. The van der Waals surface area contributed by atoms with Gasteiger partial charge < -0.3 is 15.2 Å². The number of hydrogen-bond acceptors (Lipinski definition) is 7. The lowest BCUT2D eigenvalue weighted by Crippen LogP contribution is -2.40. The van der Waals surface area contributed by atoms with Crippen LogP contribution in [0.2, 0.25) is 0 Å². The molecule has 0 saturated heterocycles. The first-order valence-electron chi connectivity index (χ1n) is 10.6. The van der Waals surface area contributed by atoms with Crippen LogP contribution in [0.5, 0.6) is 11.5 Å². The van der Waals surface area contributed by atoms with Crippen molar-refractivity contribution in [3.05, 3.63) is 98.4 Å². The minimum absolute atomic E-state index is 0.0709. The fourth-order valence-electron chi connectivity index (χ4n) is 3.48. The molecule has 4 N–H and O–H groups in total. The number of aromatic amines is 1. The van der Waals surface area contributed by atoms with Gasteiger partial charge in [0, 0.05) is 10.9 Å². The van der Waals surface area contributed by atoms with Gasteiger partial charge in [0.2, 0.25) is 0 Å². The zero-order valence-electron chi connectivity index (χ0n) is 18.9. The van der Waals surface area contributed by atoms with Gasteiger partial charge in [-0.2, -0.15) is 10.2 Å². The standard InChI is InChI=1S/C25H20BrN5O5/c1-36-19-12-14(11-18(26)22(19)32)13-27-30-25(35)21(28-23(33)15-7-3-2-4-8-15)20-16-9-5-6-10-17(16)24(34)31-29-20/h2-13,21,32H,1H3,(H,28,33)(H,30,35)(H,31,34). The summed E-state index contributed by atoms with van der Waals surface area (Å²) < 4.78 is 5.49. The summed E-state index contributed by atoms with van der Waals surface area (Å²) >= 11 is 3.23. The van der Waals surface area contributed by atoms with Gasteiger partial charge in [-0.05, 0) is 51.8 Å². The Morgan fingerprint density at radius 2 is 1.81 bits per heavy atom. The van der Waals surface area contributed by atoms with Crippen LogP contribution in [0.25, 0.3) is 10.8 Å². The molecule has 3 aromatic carbocycles. The van der Waals surface area contributed by atoms with E-state index in [9.17, 15) is 19.5 Å². The molecule has 1 heterocycles. The Balaban J connectivity index is 1.66. The van der Waals surface area contributed by atoms with Crippen molar-refractivity contribution in [2.24, 2.45) is 5.10 Å². The van der Waals surface area contributed by atoms with Gasteiger partial charge in [-0.1, -0.05) is 36.4 Å². The lowest BCUT2D eigenvalue weighted by atomic mass is 10.0. The van der Waals surface area contributed by atoms with Gasteiger partial charge in [0.1, 0.15) is 5.69 Å². The molecular formula is C25H20BrN5O5. The Morgan fingerprint density at radius 1 is 1.11 bits per heavy atom. The van der Waals surface area contributed by atoms with Crippen LogP contribution in [-0.2, 0) is 4.79 Å². The quantitative estimate of drug-likeness (QED) is 0.206. The third-order valence-corrected chi connectivity index (χ3v) is 5.84. The van der Waals surface area contributed by atoms with Crippen molar-refractivity contribution < 1.29 is 19.4 Å². The number of hydrazone groups is 1. The molecule has 1 unspecified atom stereocenters. The van der Waals surface area contributed by atoms with Crippen LogP contribution >= 0.6 is 15.9 Å². The minimum atomic E-state index is -1.28. The average molecular weight is 550 g/mol. The summed E-state index contributed by atoms with van der Waals surface area (Å²) in [5, 5.41) is 23.8. The fourth-order valence-corrected chi connectivity index (χ4v) is 3.94. The topological polar surface area (TPSA) is 146 Å². The van der Waals surface area contributed by atoms with E-state index < -0.39 is 23.4 Å². The van der Waals surface area contributed by atoms with Gasteiger partial charge in [0.05, 0.1) is 23.2 Å². The summed E-state index contributed by atoms with van der Waals surface area (Å²) in [5.74, 6) is -1.05. The van der Waals surface area contributed by atoms with E-state index in [0.717, 1.165) is 0 Å². The minimum Gasteiger partial charge on any atom is -0.503 e. The monoisotopic (exact) mass is 549 g/mol. The van der Waals surface area contributed by atoms with Crippen LogP contribution in [0.4, 0.5) is 0 Å². The summed E-state index contributed by atoms with van der Waals surface area (Å²) in [6.45, 7) is 0. The number of nitrogens with one attached hydrogen (secondary N) is 3. The maximum absolute atomic E-state index is 13.2. The van der Waals surface area contributed by atoms with E-state index in [4.69, 9.17) is 4.74 Å².